The Morgan fingerprint density at radius 1 is 1.16 bits per heavy atom. The number of hydrogen-bond acceptors (Lipinski definition) is 2. The van der Waals surface area contributed by atoms with Crippen LogP contribution in [0.15, 0.2) is 36.4 Å². The van der Waals surface area contributed by atoms with Crippen LogP contribution in [0, 0.1) is 5.92 Å². The second kappa shape index (κ2) is 5.87. The number of hydrogen-bond donors (Lipinski definition) is 0. The van der Waals surface area contributed by atoms with Gasteiger partial charge in [-0.25, -0.2) is 0 Å². The van der Waals surface area contributed by atoms with E-state index in [0.29, 0.717) is 0 Å². The highest BCUT2D eigenvalue weighted by Crippen LogP contribution is 2.30. The summed E-state index contributed by atoms with van der Waals surface area (Å²) in [6, 6.07) is 11.7. The summed E-state index contributed by atoms with van der Waals surface area (Å²) in [5.41, 5.74) is 0.803. The molecule has 1 unspecified atom stereocenters. The first-order chi connectivity index (χ1) is 9.19. The Morgan fingerprint density at radius 2 is 1.84 bits per heavy atom. The lowest BCUT2D eigenvalue weighted by atomic mass is 9.91. The molecule has 0 aliphatic rings. The van der Waals surface area contributed by atoms with Gasteiger partial charge >= 0.3 is 0 Å². The molecule has 0 aliphatic heterocycles. The highest BCUT2D eigenvalue weighted by atomic mass is 16.5. The zero-order valence-corrected chi connectivity index (χ0v) is 11.8. The van der Waals surface area contributed by atoms with E-state index in [1.54, 1.807) is 7.11 Å². The molecule has 0 bridgehead atoms. The number of fused-ring (bicyclic) bond motifs is 1. The van der Waals surface area contributed by atoms with E-state index in [1.165, 1.54) is 0 Å². The molecular weight excluding hydrogens is 236 g/mol. The summed E-state index contributed by atoms with van der Waals surface area (Å²) < 4.78 is 5.36. The lowest BCUT2D eigenvalue weighted by Gasteiger charge is -2.13. The first-order valence-corrected chi connectivity index (χ1v) is 6.79. The SMILES string of the molecule is CCCC(C)C(=O)c1ccc(OC)c2ccccc12. The first kappa shape index (κ1) is 13.6. The van der Waals surface area contributed by atoms with Gasteiger partial charge < -0.3 is 4.74 Å². The van der Waals surface area contributed by atoms with Gasteiger partial charge in [-0.3, -0.25) is 4.79 Å². The van der Waals surface area contributed by atoms with Crippen molar-refractivity contribution in [2.45, 2.75) is 26.7 Å². The van der Waals surface area contributed by atoms with E-state index >= 15 is 0 Å². The molecule has 0 fully saturated rings. The van der Waals surface area contributed by atoms with Crippen molar-refractivity contribution in [3.05, 3.63) is 42.0 Å². The minimum absolute atomic E-state index is 0.0711. The van der Waals surface area contributed by atoms with Crippen molar-refractivity contribution in [3.63, 3.8) is 0 Å². The zero-order valence-electron chi connectivity index (χ0n) is 11.8. The summed E-state index contributed by atoms with van der Waals surface area (Å²) in [5, 5.41) is 1.98. The van der Waals surface area contributed by atoms with Crippen molar-refractivity contribution >= 4 is 16.6 Å². The number of ketones is 1. The van der Waals surface area contributed by atoms with E-state index in [4.69, 9.17) is 4.74 Å². The molecule has 2 aromatic rings. The molecule has 19 heavy (non-hydrogen) atoms. The van der Waals surface area contributed by atoms with Crippen LogP contribution < -0.4 is 4.74 Å². The molecule has 0 aliphatic carbocycles. The van der Waals surface area contributed by atoms with Crippen molar-refractivity contribution in [1.29, 1.82) is 0 Å². The fourth-order valence-corrected chi connectivity index (χ4v) is 2.49. The molecule has 2 rings (SSSR count). The predicted molar refractivity (Wildman–Crippen MR) is 78.9 cm³/mol. The van der Waals surface area contributed by atoms with Crippen LogP contribution >= 0.6 is 0 Å². The van der Waals surface area contributed by atoms with Crippen LogP contribution in [0.5, 0.6) is 5.75 Å². The van der Waals surface area contributed by atoms with Crippen LogP contribution in [0.2, 0.25) is 0 Å². The van der Waals surface area contributed by atoms with Gasteiger partial charge in [-0.05, 0) is 23.9 Å². The molecule has 100 valence electrons. The topological polar surface area (TPSA) is 26.3 Å². The number of ether oxygens (including phenoxy) is 1. The lowest BCUT2D eigenvalue weighted by molar-refractivity contribution is 0.0925. The maximum Gasteiger partial charge on any atom is 0.166 e. The summed E-state index contributed by atoms with van der Waals surface area (Å²) >= 11 is 0. The Morgan fingerprint density at radius 3 is 2.47 bits per heavy atom. The van der Waals surface area contributed by atoms with Crippen molar-refractivity contribution in [2.24, 2.45) is 5.92 Å². The fourth-order valence-electron chi connectivity index (χ4n) is 2.49. The number of carbonyl (C=O) groups is 1. The van der Waals surface area contributed by atoms with Crippen LogP contribution in [-0.4, -0.2) is 12.9 Å². The Balaban J connectivity index is 2.53. The number of methoxy groups -OCH3 is 1. The third-order valence-corrected chi connectivity index (χ3v) is 3.54. The van der Waals surface area contributed by atoms with Gasteiger partial charge in [-0.2, -0.15) is 0 Å². The predicted octanol–water partition coefficient (Wildman–Crippen LogP) is 4.47. The van der Waals surface area contributed by atoms with E-state index in [0.717, 1.165) is 34.9 Å². The van der Waals surface area contributed by atoms with E-state index in [9.17, 15) is 4.79 Å². The average Bonchev–Trinajstić information content (AvgIpc) is 2.45. The molecule has 2 heteroatoms. The van der Waals surface area contributed by atoms with E-state index in [1.807, 2.05) is 43.3 Å². The van der Waals surface area contributed by atoms with Crippen molar-refractivity contribution in [3.8, 4) is 5.75 Å². The number of Topliss-reactive ketones (excluding diaryl/α,β-unsaturated/α-hetero) is 1. The lowest BCUT2D eigenvalue weighted by Crippen LogP contribution is -2.11. The third kappa shape index (κ3) is 2.62. The number of benzene rings is 2. The van der Waals surface area contributed by atoms with Gasteiger partial charge in [0.05, 0.1) is 7.11 Å². The highest BCUT2D eigenvalue weighted by molar-refractivity contribution is 6.10. The maximum absolute atomic E-state index is 12.5. The van der Waals surface area contributed by atoms with Gasteiger partial charge in [0.25, 0.3) is 0 Å². The molecule has 0 amide bonds. The van der Waals surface area contributed by atoms with Crippen LogP contribution in [-0.2, 0) is 0 Å². The van der Waals surface area contributed by atoms with Gasteiger partial charge in [0.2, 0.25) is 0 Å². The fraction of sp³-hybridized carbons (Fsp3) is 0.353. The van der Waals surface area contributed by atoms with E-state index in [2.05, 4.69) is 6.92 Å². The van der Waals surface area contributed by atoms with Gasteiger partial charge in [0.1, 0.15) is 5.75 Å². The Hall–Kier alpha value is -1.83. The van der Waals surface area contributed by atoms with E-state index in [-0.39, 0.29) is 11.7 Å². The molecular formula is C17H20O2. The Bertz CT molecular complexity index is 587. The molecule has 0 spiro atoms. The van der Waals surface area contributed by atoms with Gasteiger partial charge in [0.15, 0.2) is 5.78 Å². The smallest absolute Gasteiger partial charge is 0.166 e. The third-order valence-electron chi connectivity index (χ3n) is 3.54. The number of carbonyl (C=O) groups excluding carboxylic acids is 1. The normalized spacial score (nSPS) is 12.4. The summed E-state index contributed by atoms with van der Waals surface area (Å²) in [6.45, 7) is 4.11. The average molecular weight is 256 g/mol. The minimum Gasteiger partial charge on any atom is -0.496 e. The van der Waals surface area contributed by atoms with Crippen LogP contribution in [0.25, 0.3) is 10.8 Å². The summed E-state index contributed by atoms with van der Waals surface area (Å²) in [5.74, 6) is 1.11. The van der Waals surface area contributed by atoms with Gasteiger partial charge in [-0.1, -0.05) is 44.5 Å². The first-order valence-electron chi connectivity index (χ1n) is 6.79. The molecule has 2 nitrogen and oxygen atoms in total. The van der Waals surface area contributed by atoms with Crippen molar-refractivity contribution < 1.29 is 9.53 Å². The summed E-state index contributed by atoms with van der Waals surface area (Å²) in [6.07, 6.45) is 1.96. The van der Waals surface area contributed by atoms with Crippen LogP contribution in [0.3, 0.4) is 0 Å². The second-order valence-electron chi connectivity index (χ2n) is 4.91. The van der Waals surface area contributed by atoms with Gasteiger partial charge in [-0.15, -0.1) is 0 Å². The standard InChI is InChI=1S/C17H20O2/c1-4-7-12(2)17(18)15-10-11-16(19-3)14-9-6-5-8-13(14)15/h5-6,8-12H,4,7H2,1-3H3. The van der Waals surface area contributed by atoms with Crippen molar-refractivity contribution in [1.82, 2.24) is 0 Å². The minimum atomic E-state index is 0.0711. The Labute approximate surface area is 114 Å². The molecule has 0 saturated carbocycles. The number of rotatable bonds is 5. The molecule has 0 saturated heterocycles. The van der Waals surface area contributed by atoms with Crippen LogP contribution in [0.1, 0.15) is 37.0 Å². The molecule has 0 aromatic heterocycles. The highest BCUT2D eigenvalue weighted by Gasteiger charge is 2.17. The van der Waals surface area contributed by atoms with Gasteiger partial charge in [0, 0.05) is 16.9 Å². The molecule has 1 atom stereocenters. The second-order valence-corrected chi connectivity index (χ2v) is 4.91. The Kier molecular flexibility index (Phi) is 4.20. The van der Waals surface area contributed by atoms with Crippen LogP contribution in [0.4, 0.5) is 0 Å². The molecule has 2 aromatic carbocycles. The zero-order chi connectivity index (χ0) is 13.8. The molecule has 0 radical (unpaired) electrons. The summed E-state index contributed by atoms with van der Waals surface area (Å²) in [4.78, 5) is 12.5. The monoisotopic (exact) mass is 256 g/mol. The van der Waals surface area contributed by atoms with E-state index < -0.39 is 0 Å². The largest absolute Gasteiger partial charge is 0.496 e. The van der Waals surface area contributed by atoms with Crippen molar-refractivity contribution in [2.75, 3.05) is 7.11 Å². The maximum atomic E-state index is 12.5. The molecule has 0 N–H and O–H groups in total. The quantitative estimate of drug-likeness (QED) is 0.738. The summed E-state index contributed by atoms with van der Waals surface area (Å²) in [7, 11) is 1.66. The molecule has 0 heterocycles.